The van der Waals surface area contributed by atoms with Crippen molar-refractivity contribution in [3.05, 3.63) is 24.9 Å². The first-order valence-corrected chi connectivity index (χ1v) is 7.02. The summed E-state index contributed by atoms with van der Waals surface area (Å²) in [6, 6.07) is 0. The molecule has 0 heterocycles. The van der Waals surface area contributed by atoms with Gasteiger partial charge in [-0.05, 0) is 6.42 Å². The molecule has 1 N–H and O–H groups in total. The molecule has 0 aliphatic carbocycles. The Bertz CT molecular complexity index is 242. The maximum atomic E-state index is 9.61. The third kappa shape index (κ3) is 11.7. The van der Waals surface area contributed by atoms with Gasteiger partial charge in [-0.1, -0.05) is 32.6 Å². The third-order valence-corrected chi connectivity index (χ3v) is 3.05. The third-order valence-electron chi connectivity index (χ3n) is 1.89. The van der Waals surface area contributed by atoms with Crippen molar-refractivity contribution in [1.82, 2.24) is 0 Å². The Morgan fingerprint density at radius 2 is 2.35 bits per heavy atom. The van der Waals surface area contributed by atoms with Gasteiger partial charge in [0.2, 0.25) is 0 Å². The van der Waals surface area contributed by atoms with E-state index in [1.54, 1.807) is 24.1 Å². The van der Waals surface area contributed by atoms with Crippen LogP contribution in [0.15, 0.2) is 29.9 Å². The number of nitrogens with zero attached hydrogens (tertiary/aromatic N) is 1. The molecule has 1 unspecified atom stereocenters. The van der Waals surface area contributed by atoms with E-state index in [0.29, 0.717) is 12.4 Å². The van der Waals surface area contributed by atoms with E-state index in [2.05, 4.69) is 25.1 Å². The van der Waals surface area contributed by atoms with E-state index < -0.39 is 6.10 Å². The van der Waals surface area contributed by atoms with Crippen molar-refractivity contribution in [1.29, 1.82) is 0 Å². The molecular formula is C13H23NO2S. The van der Waals surface area contributed by atoms with Crippen molar-refractivity contribution in [2.45, 2.75) is 25.9 Å². The molecule has 17 heavy (non-hydrogen) atoms. The van der Waals surface area contributed by atoms with E-state index in [9.17, 15) is 5.11 Å². The van der Waals surface area contributed by atoms with Gasteiger partial charge >= 0.3 is 0 Å². The van der Waals surface area contributed by atoms with Gasteiger partial charge in [-0.3, -0.25) is 4.99 Å². The molecule has 0 aliphatic heterocycles. The summed E-state index contributed by atoms with van der Waals surface area (Å²) in [7, 11) is 0. The highest BCUT2D eigenvalue weighted by atomic mass is 32.2. The number of ether oxygens (including phenoxy) is 1. The molecule has 0 amide bonds. The molecule has 0 bridgehead atoms. The fourth-order valence-electron chi connectivity index (χ4n) is 1.02. The van der Waals surface area contributed by atoms with Crippen LogP contribution in [0.3, 0.4) is 0 Å². The average molecular weight is 257 g/mol. The summed E-state index contributed by atoms with van der Waals surface area (Å²) < 4.78 is 5.33. The van der Waals surface area contributed by atoms with Crippen LogP contribution in [-0.4, -0.2) is 42.1 Å². The minimum absolute atomic E-state index is 0.409. The van der Waals surface area contributed by atoms with Gasteiger partial charge in [0.15, 0.2) is 0 Å². The maximum absolute atomic E-state index is 9.61. The average Bonchev–Trinajstić information content (AvgIpc) is 2.32. The quantitative estimate of drug-likeness (QED) is 0.457. The molecule has 0 aromatic rings. The second-order valence-electron chi connectivity index (χ2n) is 3.68. The summed E-state index contributed by atoms with van der Waals surface area (Å²) in [5, 5.41) is 9.61. The summed E-state index contributed by atoms with van der Waals surface area (Å²) in [6.07, 6.45) is 4.99. The molecule has 0 aromatic heterocycles. The number of allylic oxidation sites excluding steroid dienone is 1. The van der Waals surface area contributed by atoms with Crippen molar-refractivity contribution in [3.8, 4) is 0 Å². The Kier molecular flexibility index (Phi) is 11.5. The van der Waals surface area contributed by atoms with Crippen LogP contribution in [0.1, 0.15) is 19.8 Å². The Hall–Kier alpha value is -0.580. The lowest BCUT2D eigenvalue weighted by atomic mass is 10.3. The number of rotatable bonds is 11. The summed E-state index contributed by atoms with van der Waals surface area (Å²) >= 11 is 1.61. The lowest BCUT2D eigenvalue weighted by Gasteiger charge is -2.10. The van der Waals surface area contributed by atoms with Gasteiger partial charge in [0.25, 0.3) is 0 Å². The largest absolute Gasteiger partial charge is 0.390 e. The summed E-state index contributed by atoms with van der Waals surface area (Å²) in [5.41, 5.74) is 0.786. The molecule has 4 heteroatoms. The minimum Gasteiger partial charge on any atom is -0.390 e. The van der Waals surface area contributed by atoms with Crippen LogP contribution in [0, 0.1) is 0 Å². The molecule has 1 atom stereocenters. The van der Waals surface area contributed by atoms with Gasteiger partial charge in [-0.2, -0.15) is 11.8 Å². The molecule has 0 fully saturated rings. The molecule has 98 valence electrons. The maximum Gasteiger partial charge on any atom is 0.0863 e. The van der Waals surface area contributed by atoms with Crippen molar-refractivity contribution >= 4 is 18.0 Å². The van der Waals surface area contributed by atoms with E-state index in [1.807, 2.05) is 0 Å². The number of hydrogen-bond acceptors (Lipinski definition) is 4. The van der Waals surface area contributed by atoms with E-state index in [-0.39, 0.29) is 0 Å². The van der Waals surface area contributed by atoms with E-state index >= 15 is 0 Å². The predicted octanol–water partition coefficient (Wildman–Crippen LogP) is 2.67. The second kappa shape index (κ2) is 11.9. The van der Waals surface area contributed by atoms with Crippen molar-refractivity contribution in [2.75, 3.05) is 24.7 Å². The topological polar surface area (TPSA) is 41.8 Å². The zero-order chi connectivity index (χ0) is 12.9. The summed E-state index contributed by atoms with van der Waals surface area (Å²) in [4.78, 5) is 4.05. The fraction of sp³-hybridized carbons (Fsp3) is 0.615. The van der Waals surface area contributed by atoms with E-state index in [1.165, 1.54) is 0 Å². The number of thioether (sulfide) groups is 1. The molecule has 0 aromatic carbocycles. The number of aliphatic hydroxyl groups is 1. The molecule has 0 saturated heterocycles. The first-order chi connectivity index (χ1) is 8.20. The molecule has 0 spiro atoms. The first kappa shape index (κ1) is 16.4. The highest BCUT2D eigenvalue weighted by Gasteiger charge is 2.04. The van der Waals surface area contributed by atoms with Crippen LogP contribution in [0.4, 0.5) is 0 Å². The van der Waals surface area contributed by atoms with Crippen LogP contribution in [0.2, 0.25) is 0 Å². The van der Waals surface area contributed by atoms with Gasteiger partial charge in [0, 0.05) is 30.0 Å². The van der Waals surface area contributed by atoms with Crippen molar-refractivity contribution in [3.63, 3.8) is 0 Å². The number of unbranched alkanes of at least 4 members (excludes halogenated alkanes) is 1. The van der Waals surface area contributed by atoms with Crippen LogP contribution < -0.4 is 0 Å². The lowest BCUT2D eigenvalue weighted by molar-refractivity contribution is 0.0473. The Morgan fingerprint density at radius 3 is 3.00 bits per heavy atom. The highest BCUT2D eigenvalue weighted by molar-refractivity contribution is 7.99. The van der Waals surface area contributed by atoms with E-state index in [4.69, 9.17) is 4.74 Å². The fourth-order valence-corrected chi connectivity index (χ4v) is 1.82. The number of hydrogen-bond donors (Lipinski definition) is 1. The van der Waals surface area contributed by atoms with Crippen molar-refractivity contribution in [2.24, 2.45) is 4.99 Å². The van der Waals surface area contributed by atoms with E-state index in [0.717, 1.165) is 30.9 Å². The van der Waals surface area contributed by atoms with Gasteiger partial charge in [-0.15, -0.1) is 0 Å². The summed E-state index contributed by atoms with van der Waals surface area (Å²) in [5.74, 6) is 1.37. The van der Waals surface area contributed by atoms with Crippen molar-refractivity contribution < 1.29 is 9.84 Å². The Balaban J connectivity index is 3.43. The standard InChI is InChI=1S/C13H23NO2S/c1-4-6-8-16-9-13(15)11-17-10-12(3)14-7-5-2/h5,7,13,15H,2-4,6,8-11H2,1H3. The first-order valence-electron chi connectivity index (χ1n) is 5.87. The molecule has 3 nitrogen and oxygen atoms in total. The number of aliphatic hydroxyl groups excluding tert-OH is 1. The zero-order valence-corrected chi connectivity index (χ0v) is 11.4. The zero-order valence-electron chi connectivity index (χ0n) is 10.6. The van der Waals surface area contributed by atoms with Crippen LogP contribution in [0.25, 0.3) is 0 Å². The molecule has 0 saturated carbocycles. The normalized spacial score (nSPS) is 12.8. The van der Waals surface area contributed by atoms with Gasteiger partial charge in [0.1, 0.15) is 0 Å². The number of aliphatic imine (C=N–C) groups is 1. The highest BCUT2D eigenvalue weighted by Crippen LogP contribution is 2.09. The SMILES string of the molecule is C=CC=NC(=C)CSCC(O)COCCCC. The van der Waals surface area contributed by atoms with Gasteiger partial charge in [0.05, 0.1) is 12.7 Å². The Labute approximate surface area is 109 Å². The monoisotopic (exact) mass is 257 g/mol. The predicted molar refractivity (Wildman–Crippen MR) is 76.9 cm³/mol. The van der Waals surface area contributed by atoms with Crippen LogP contribution in [-0.2, 0) is 4.74 Å². The van der Waals surface area contributed by atoms with Gasteiger partial charge in [-0.25, -0.2) is 0 Å². The molecule has 0 aliphatic rings. The van der Waals surface area contributed by atoms with Gasteiger partial charge < -0.3 is 9.84 Å². The lowest BCUT2D eigenvalue weighted by Crippen LogP contribution is -2.18. The smallest absolute Gasteiger partial charge is 0.0863 e. The molecular weight excluding hydrogens is 234 g/mol. The summed E-state index contributed by atoms with van der Waals surface area (Å²) in [6.45, 7) is 10.6. The van der Waals surface area contributed by atoms with Crippen LogP contribution in [0.5, 0.6) is 0 Å². The second-order valence-corrected chi connectivity index (χ2v) is 4.71. The Morgan fingerprint density at radius 1 is 1.59 bits per heavy atom. The molecule has 0 radical (unpaired) electrons. The molecule has 0 rings (SSSR count). The minimum atomic E-state index is -0.409. The van der Waals surface area contributed by atoms with Crippen LogP contribution >= 0.6 is 11.8 Å².